The van der Waals surface area contributed by atoms with Gasteiger partial charge in [0, 0.05) is 59.9 Å². The monoisotopic (exact) mass is 394 g/mol. The van der Waals surface area contributed by atoms with Crippen LogP contribution >= 0.6 is 0 Å². The molecule has 0 aromatic heterocycles. The van der Waals surface area contributed by atoms with E-state index < -0.39 is 0 Å². The van der Waals surface area contributed by atoms with Crippen molar-refractivity contribution in [2.24, 2.45) is 10.9 Å². The molecule has 2 fully saturated rings. The lowest BCUT2D eigenvalue weighted by atomic mass is 10.2. The predicted molar refractivity (Wildman–Crippen MR) is 112 cm³/mol. The van der Waals surface area contributed by atoms with Crippen LogP contribution in [-0.4, -0.2) is 110 Å². The molecule has 0 aliphatic carbocycles. The number of likely N-dealkylation sites (N-methyl/N-ethyl adjacent to an activating group) is 1. The summed E-state index contributed by atoms with van der Waals surface area (Å²) in [7, 11) is 3.49. The zero-order chi connectivity index (χ0) is 20.7. The van der Waals surface area contributed by atoms with E-state index in [-0.39, 0.29) is 24.4 Å². The molecule has 1 N–H and O–H groups in total. The lowest BCUT2D eigenvalue weighted by Gasteiger charge is -2.39. The van der Waals surface area contributed by atoms with Gasteiger partial charge >= 0.3 is 0 Å². The van der Waals surface area contributed by atoms with E-state index in [0.29, 0.717) is 5.92 Å². The number of guanidine groups is 1. The van der Waals surface area contributed by atoms with Crippen molar-refractivity contribution in [3.63, 3.8) is 0 Å². The van der Waals surface area contributed by atoms with E-state index in [1.807, 2.05) is 11.8 Å². The molecule has 28 heavy (non-hydrogen) atoms. The number of amides is 2. The van der Waals surface area contributed by atoms with Gasteiger partial charge in [0.1, 0.15) is 6.54 Å². The van der Waals surface area contributed by atoms with E-state index in [0.717, 1.165) is 64.6 Å². The number of likely N-dealkylation sites (tertiary alicyclic amines) is 1. The van der Waals surface area contributed by atoms with Crippen molar-refractivity contribution < 1.29 is 9.59 Å². The maximum absolute atomic E-state index is 12.7. The molecular weight excluding hydrogens is 356 g/mol. The van der Waals surface area contributed by atoms with Crippen LogP contribution in [0.15, 0.2) is 4.99 Å². The molecule has 0 spiro atoms. The summed E-state index contributed by atoms with van der Waals surface area (Å²) in [6, 6.07) is -0.0698. The zero-order valence-corrected chi connectivity index (χ0v) is 18.3. The topological polar surface area (TPSA) is 71.5 Å². The Labute approximate surface area is 169 Å². The van der Waals surface area contributed by atoms with Crippen LogP contribution in [0.25, 0.3) is 0 Å². The number of hydrogen-bond donors (Lipinski definition) is 1. The highest BCUT2D eigenvalue weighted by Crippen LogP contribution is 2.14. The molecule has 1 atom stereocenters. The number of nitrogens with zero attached hydrogens (tertiary/aromatic N) is 5. The molecule has 1 unspecified atom stereocenters. The number of hydrogen-bond acceptors (Lipinski definition) is 4. The fourth-order valence-electron chi connectivity index (χ4n) is 3.53. The van der Waals surface area contributed by atoms with Crippen LogP contribution in [-0.2, 0) is 9.59 Å². The number of aliphatic imine (C=N–C) groups is 1. The first kappa shape index (κ1) is 22.5. The standard InChI is InChI=1S/C20H38N6O2/c1-16(2)14-21-20(22-15-18(27)23(4)5)26-12-10-24(11-13-26)17(3)19(28)25-8-6-7-9-25/h16-17H,6-15H2,1-5H3,(H,21,22). The predicted octanol–water partition coefficient (Wildman–Crippen LogP) is 0.305. The Kier molecular flexibility index (Phi) is 8.54. The largest absolute Gasteiger partial charge is 0.356 e. The summed E-state index contributed by atoms with van der Waals surface area (Å²) in [5.41, 5.74) is 0. The van der Waals surface area contributed by atoms with Crippen molar-refractivity contribution >= 4 is 17.8 Å². The van der Waals surface area contributed by atoms with E-state index in [4.69, 9.17) is 0 Å². The molecule has 0 saturated carbocycles. The third-order valence-corrected chi connectivity index (χ3v) is 5.47. The third kappa shape index (κ3) is 6.36. The van der Waals surface area contributed by atoms with Crippen molar-refractivity contribution in [2.75, 3.05) is 66.5 Å². The Hall–Kier alpha value is -1.83. The van der Waals surface area contributed by atoms with Gasteiger partial charge in [0.15, 0.2) is 5.96 Å². The molecule has 8 heteroatoms. The fraction of sp³-hybridized carbons (Fsp3) is 0.850. The molecule has 2 saturated heterocycles. The molecule has 8 nitrogen and oxygen atoms in total. The minimum absolute atomic E-state index is 0.00712. The van der Waals surface area contributed by atoms with Crippen molar-refractivity contribution in [2.45, 2.75) is 39.7 Å². The molecule has 0 radical (unpaired) electrons. The van der Waals surface area contributed by atoms with Crippen LogP contribution in [0.3, 0.4) is 0 Å². The van der Waals surface area contributed by atoms with E-state index in [1.165, 1.54) is 0 Å². The quantitative estimate of drug-likeness (QED) is 0.518. The Morgan fingerprint density at radius 2 is 1.57 bits per heavy atom. The normalized spacial score (nSPS) is 19.9. The molecule has 160 valence electrons. The first-order valence-corrected chi connectivity index (χ1v) is 10.6. The summed E-state index contributed by atoms with van der Waals surface area (Å²) in [4.78, 5) is 37.2. The van der Waals surface area contributed by atoms with Crippen LogP contribution in [0.1, 0.15) is 33.6 Å². The van der Waals surface area contributed by atoms with E-state index >= 15 is 0 Å². The molecule has 2 heterocycles. The second kappa shape index (κ2) is 10.6. The summed E-state index contributed by atoms with van der Waals surface area (Å²) in [5.74, 6) is 1.54. The van der Waals surface area contributed by atoms with E-state index in [1.54, 1.807) is 19.0 Å². The molecule has 0 aromatic rings. The van der Waals surface area contributed by atoms with Gasteiger partial charge in [-0.2, -0.15) is 0 Å². The van der Waals surface area contributed by atoms with Crippen LogP contribution in [0, 0.1) is 5.92 Å². The van der Waals surface area contributed by atoms with Gasteiger partial charge in [0.05, 0.1) is 6.04 Å². The van der Waals surface area contributed by atoms with Gasteiger partial charge in [-0.05, 0) is 25.7 Å². The first-order valence-electron chi connectivity index (χ1n) is 10.6. The van der Waals surface area contributed by atoms with Crippen LogP contribution in [0.5, 0.6) is 0 Å². The summed E-state index contributed by atoms with van der Waals surface area (Å²) in [5, 5.41) is 3.41. The average Bonchev–Trinajstić information content (AvgIpc) is 3.21. The maximum Gasteiger partial charge on any atom is 0.243 e. The highest BCUT2D eigenvalue weighted by molar-refractivity contribution is 5.85. The summed E-state index contributed by atoms with van der Waals surface area (Å²) >= 11 is 0. The lowest BCUT2D eigenvalue weighted by Crippen LogP contribution is -2.57. The van der Waals surface area contributed by atoms with Crippen LogP contribution in [0.2, 0.25) is 0 Å². The molecule has 2 amide bonds. The number of rotatable bonds is 6. The Balaban J connectivity index is 1.92. The van der Waals surface area contributed by atoms with Crippen molar-refractivity contribution in [1.82, 2.24) is 24.9 Å². The first-order chi connectivity index (χ1) is 13.3. The van der Waals surface area contributed by atoms with Crippen molar-refractivity contribution in [1.29, 1.82) is 0 Å². The lowest BCUT2D eigenvalue weighted by molar-refractivity contribution is -0.135. The zero-order valence-electron chi connectivity index (χ0n) is 18.3. The summed E-state index contributed by atoms with van der Waals surface area (Å²) < 4.78 is 0. The van der Waals surface area contributed by atoms with E-state index in [9.17, 15) is 9.59 Å². The second-order valence-corrected chi connectivity index (χ2v) is 8.43. The smallest absolute Gasteiger partial charge is 0.243 e. The Morgan fingerprint density at radius 1 is 0.964 bits per heavy atom. The number of piperazine rings is 1. The highest BCUT2D eigenvalue weighted by atomic mass is 16.2. The molecule has 2 aliphatic rings. The van der Waals surface area contributed by atoms with Gasteiger partial charge in [0.2, 0.25) is 11.8 Å². The highest BCUT2D eigenvalue weighted by Gasteiger charge is 2.30. The minimum Gasteiger partial charge on any atom is -0.356 e. The van der Waals surface area contributed by atoms with E-state index in [2.05, 4.69) is 34.0 Å². The van der Waals surface area contributed by atoms with Gasteiger partial charge in [-0.25, -0.2) is 4.99 Å². The molecule has 0 aromatic carbocycles. The van der Waals surface area contributed by atoms with Gasteiger partial charge in [0.25, 0.3) is 0 Å². The fourth-order valence-corrected chi connectivity index (χ4v) is 3.53. The number of carbonyl (C=O) groups is 2. The summed E-state index contributed by atoms with van der Waals surface area (Å²) in [6.45, 7) is 12.4. The molecule has 2 aliphatic heterocycles. The molecule has 2 rings (SSSR count). The Bertz CT molecular complexity index is 549. The van der Waals surface area contributed by atoms with Gasteiger partial charge in [-0.15, -0.1) is 0 Å². The second-order valence-electron chi connectivity index (χ2n) is 8.43. The number of carbonyl (C=O) groups excluding carboxylic acids is 2. The SMILES string of the molecule is CC(C)CNC(=NCC(=O)N(C)C)N1CCN(C(C)C(=O)N2CCCC2)CC1. The maximum atomic E-state index is 12.7. The van der Waals surface area contributed by atoms with Gasteiger partial charge < -0.3 is 20.0 Å². The average molecular weight is 395 g/mol. The van der Waals surface area contributed by atoms with Gasteiger partial charge in [-0.1, -0.05) is 13.8 Å². The van der Waals surface area contributed by atoms with Crippen LogP contribution < -0.4 is 5.32 Å². The van der Waals surface area contributed by atoms with Gasteiger partial charge in [-0.3, -0.25) is 14.5 Å². The minimum atomic E-state index is -0.0698. The summed E-state index contributed by atoms with van der Waals surface area (Å²) in [6.07, 6.45) is 2.25. The van der Waals surface area contributed by atoms with Crippen molar-refractivity contribution in [3.8, 4) is 0 Å². The molecular formula is C20H38N6O2. The van der Waals surface area contributed by atoms with Crippen LogP contribution in [0.4, 0.5) is 0 Å². The third-order valence-electron chi connectivity index (χ3n) is 5.47. The van der Waals surface area contributed by atoms with Crippen molar-refractivity contribution in [3.05, 3.63) is 0 Å². The molecule has 0 bridgehead atoms. The number of nitrogens with one attached hydrogen (secondary N) is 1. The Morgan fingerprint density at radius 3 is 2.11 bits per heavy atom.